The van der Waals surface area contributed by atoms with Crippen molar-refractivity contribution in [3.05, 3.63) is 0 Å². The third-order valence-electron chi connectivity index (χ3n) is 1.68. The molecule has 2 atom stereocenters. The molecule has 0 aliphatic rings. The molecule has 0 saturated heterocycles. The van der Waals surface area contributed by atoms with E-state index in [0.29, 0.717) is 0 Å². The molecule has 0 radical (unpaired) electrons. The maximum atomic E-state index is 10.7. The van der Waals surface area contributed by atoms with Crippen LogP contribution < -0.4 is 0 Å². The molecule has 0 aromatic carbocycles. The van der Waals surface area contributed by atoms with Gasteiger partial charge in [-0.25, -0.2) is 4.79 Å². The number of hydrogen-bond acceptors (Lipinski definition) is 4. The summed E-state index contributed by atoms with van der Waals surface area (Å²) in [5.41, 5.74) is 0. The van der Waals surface area contributed by atoms with Gasteiger partial charge in [-0.05, 0) is 6.92 Å². The summed E-state index contributed by atoms with van der Waals surface area (Å²) in [5.74, 6) is -2.06. The van der Waals surface area contributed by atoms with Gasteiger partial charge in [0.15, 0.2) is 0 Å². The van der Waals surface area contributed by atoms with Crippen molar-refractivity contribution in [1.29, 1.82) is 0 Å². The lowest BCUT2D eigenvalue weighted by atomic mass is 10.1. The van der Waals surface area contributed by atoms with Crippen molar-refractivity contribution in [2.24, 2.45) is 10.9 Å². The van der Waals surface area contributed by atoms with Crippen molar-refractivity contribution < 1.29 is 24.2 Å². The lowest BCUT2D eigenvalue weighted by Gasteiger charge is -2.13. The molecule has 1 N–H and O–H groups in total. The van der Waals surface area contributed by atoms with Crippen molar-refractivity contribution in [2.45, 2.75) is 13.0 Å². The van der Waals surface area contributed by atoms with Gasteiger partial charge >= 0.3 is 12.1 Å². The minimum absolute atomic E-state index is 0.555. The Morgan fingerprint density at radius 1 is 1.43 bits per heavy atom. The number of carbonyl (C=O) groups is 2. The molecule has 14 heavy (non-hydrogen) atoms. The van der Waals surface area contributed by atoms with E-state index < -0.39 is 24.1 Å². The van der Waals surface area contributed by atoms with Crippen LogP contribution in [0.5, 0.6) is 0 Å². The fourth-order valence-corrected chi connectivity index (χ4v) is 0.726. The lowest BCUT2D eigenvalue weighted by Crippen LogP contribution is -2.28. The molecule has 0 aliphatic heterocycles. The highest BCUT2D eigenvalue weighted by atomic mass is 16.5. The zero-order valence-corrected chi connectivity index (χ0v) is 8.26. The monoisotopic (exact) mass is 203 g/mol. The average molecular weight is 203 g/mol. The largest absolute Gasteiger partial charge is 0.481 e. The van der Waals surface area contributed by atoms with Gasteiger partial charge in [0.25, 0.3) is 0 Å². The van der Waals surface area contributed by atoms with E-state index >= 15 is 0 Å². The Labute approximate surface area is 81.5 Å². The fourth-order valence-electron chi connectivity index (χ4n) is 0.726. The second kappa shape index (κ2) is 6.09. The SMILES string of the molecule is COC(=O)/N=C/C(C(=O)O)[C@@H](C)OC. The second-order valence-corrected chi connectivity index (χ2v) is 2.55. The van der Waals surface area contributed by atoms with Gasteiger partial charge in [-0.3, -0.25) is 4.79 Å². The summed E-state index contributed by atoms with van der Waals surface area (Å²) >= 11 is 0. The first-order valence-corrected chi connectivity index (χ1v) is 3.90. The van der Waals surface area contributed by atoms with Crippen molar-refractivity contribution in [3.63, 3.8) is 0 Å². The third-order valence-corrected chi connectivity index (χ3v) is 1.68. The van der Waals surface area contributed by atoms with Crippen LogP contribution in [-0.2, 0) is 14.3 Å². The Balaban J connectivity index is 4.45. The van der Waals surface area contributed by atoms with Gasteiger partial charge in [0.2, 0.25) is 0 Å². The van der Waals surface area contributed by atoms with E-state index in [9.17, 15) is 9.59 Å². The molecule has 6 nitrogen and oxygen atoms in total. The maximum Gasteiger partial charge on any atom is 0.432 e. The fraction of sp³-hybridized carbons (Fsp3) is 0.625. The molecule has 0 saturated carbocycles. The predicted molar refractivity (Wildman–Crippen MR) is 48.5 cm³/mol. The number of aliphatic imine (C=N–C) groups is 1. The second-order valence-electron chi connectivity index (χ2n) is 2.55. The molecule has 0 rings (SSSR count). The Kier molecular flexibility index (Phi) is 5.47. The first kappa shape index (κ1) is 12.6. The van der Waals surface area contributed by atoms with Crippen molar-refractivity contribution >= 4 is 18.3 Å². The summed E-state index contributed by atoms with van der Waals surface area (Å²) in [6.45, 7) is 1.57. The minimum atomic E-state index is -1.10. The molecule has 0 aliphatic carbocycles. The Morgan fingerprint density at radius 2 is 2.00 bits per heavy atom. The van der Waals surface area contributed by atoms with Crippen LogP contribution in [0.2, 0.25) is 0 Å². The van der Waals surface area contributed by atoms with Crippen LogP contribution in [0.3, 0.4) is 0 Å². The Morgan fingerprint density at radius 3 is 2.36 bits per heavy atom. The van der Waals surface area contributed by atoms with E-state index in [-0.39, 0.29) is 0 Å². The first-order chi connectivity index (χ1) is 6.52. The topological polar surface area (TPSA) is 85.2 Å². The van der Waals surface area contributed by atoms with E-state index in [4.69, 9.17) is 9.84 Å². The van der Waals surface area contributed by atoms with Crippen LogP contribution in [0.15, 0.2) is 4.99 Å². The number of carboxylic acid groups (broad SMARTS) is 1. The summed E-state index contributed by atoms with van der Waals surface area (Å²) in [4.78, 5) is 24.6. The zero-order valence-electron chi connectivity index (χ0n) is 8.26. The molecule has 1 unspecified atom stereocenters. The zero-order chi connectivity index (χ0) is 11.1. The van der Waals surface area contributed by atoms with Gasteiger partial charge in [0.05, 0.1) is 13.2 Å². The van der Waals surface area contributed by atoms with E-state index in [2.05, 4.69) is 9.73 Å². The van der Waals surface area contributed by atoms with E-state index in [1.54, 1.807) is 6.92 Å². The first-order valence-electron chi connectivity index (χ1n) is 3.90. The predicted octanol–water partition coefficient (Wildman–Crippen LogP) is 0.559. The molecule has 0 aromatic heterocycles. The summed E-state index contributed by atoms with van der Waals surface area (Å²) in [6.07, 6.45) is -0.386. The standard InChI is InChI=1S/C8H13NO5/c1-5(13-2)6(7(10)11)4-9-8(12)14-3/h4-6H,1-3H3,(H,10,11)/b9-4+/t5-,6?/m1/s1. The quantitative estimate of drug-likeness (QED) is 0.674. The average Bonchev–Trinajstić information content (AvgIpc) is 2.16. The number of nitrogens with zero attached hydrogens (tertiary/aromatic N) is 1. The van der Waals surface area contributed by atoms with E-state index in [1.807, 2.05) is 0 Å². The number of hydrogen-bond donors (Lipinski definition) is 1. The van der Waals surface area contributed by atoms with E-state index in [0.717, 1.165) is 13.3 Å². The van der Waals surface area contributed by atoms with Crippen LogP contribution >= 0.6 is 0 Å². The van der Waals surface area contributed by atoms with Gasteiger partial charge in [0, 0.05) is 13.3 Å². The van der Waals surface area contributed by atoms with E-state index in [1.165, 1.54) is 7.11 Å². The molecule has 0 heterocycles. The maximum absolute atomic E-state index is 10.7. The molecule has 0 spiro atoms. The molecule has 0 fully saturated rings. The number of aliphatic carboxylic acids is 1. The smallest absolute Gasteiger partial charge is 0.432 e. The van der Waals surface area contributed by atoms with Crippen LogP contribution in [0.1, 0.15) is 6.92 Å². The number of carbonyl (C=O) groups excluding carboxylic acids is 1. The summed E-state index contributed by atoms with van der Waals surface area (Å²) in [7, 11) is 2.54. The highest BCUT2D eigenvalue weighted by Crippen LogP contribution is 2.04. The molecule has 0 bridgehead atoms. The summed E-state index contributed by atoms with van der Waals surface area (Å²) in [6, 6.07) is 0. The highest BCUT2D eigenvalue weighted by molar-refractivity contribution is 5.93. The Hall–Kier alpha value is -1.43. The number of ether oxygens (including phenoxy) is 2. The molecular weight excluding hydrogens is 190 g/mol. The number of rotatable bonds is 4. The molecule has 6 heteroatoms. The van der Waals surface area contributed by atoms with Crippen LogP contribution in [0.25, 0.3) is 0 Å². The number of carboxylic acids is 1. The third kappa shape index (κ3) is 3.99. The van der Waals surface area contributed by atoms with Crippen LogP contribution in [-0.4, -0.2) is 43.7 Å². The molecule has 80 valence electrons. The molecular formula is C8H13NO5. The van der Waals surface area contributed by atoms with Crippen LogP contribution in [0, 0.1) is 5.92 Å². The normalized spacial score (nSPS) is 15.1. The molecule has 1 amide bonds. The highest BCUT2D eigenvalue weighted by Gasteiger charge is 2.22. The van der Waals surface area contributed by atoms with Gasteiger partial charge in [-0.1, -0.05) is 0 Å². The number of methoxy groups -OCH3 is 2. The van der Waals surface area contributed by atoms with Crippen molar-refractivity contribution in [1.82, 2.24) is 0 Å². The molecule has 0 aromatic rings. The van der Waals surface area contributed by atoms with Gasteiger partial charge in [-0.2, -0.15) is 4.99 Å². The van der Waals surface area contributed by atoms with Crippen molar-refractivity contribution in [2.75, 3.05) is 14.2 Å². The Bertz CT molecular complexity index is 238. The number of amides is 1. The summed E-state index contributed by atoms with van der Waals surface area (Å²) in [5, 5.41) is 8.74. The summed E-state index contributed by atoms with van der Waals surface area (Å²) < 4.78 is 9.04. The van der Waals surface area contributed by atoms with Crippen LogP contribution in [0.4, 0.5) is 4.79 Å². The van der Waals surface area contributed by atoms with Gasteiger partial charge in [0.1, 0.15) is 5.92 Å². The minimum Gasteiger partial charge on any atom is -0.481 e. The van der Waals surface area contributed by atoms with Crippen molar-refractivity contribution in [3.8, 4) is 0 Å². The lowest BCUT2D eigenvalue weighted by molar-refractivity contribution is -0.142. The van der Waals surface area contributed by atoms with Gasteiger partial charge in [-0.15, -0.1) is 0 Å². The van der Waals surface area contributed by atoms with Gasteiger partial charge < -0.3 is 14.6 Å².